The Kier molecular flexibility index (Phi) is 3.65. The fourth-order valence-corrected chi connectivity index (χ4v) is 2.73. The highest BCUT2D eigenvalue weighted by molar-refractivity contribution is 7.98. The fourth-order valence-electron chi connectivity index (χ4n) is 1.82. The van der Waals surface area contributed by atoms with Crippen molar-refractivity contribution < 1.29 is 8.94 Å². The highest BCUT2D eigenvalue weighted by Crippen LogP contribution is 2.26. The Morgan fingerprint density at radius 2 is 2.24 bits per heavy atom. The Labute approximate surface area is 124 Å². The summed E-state index contributed by atoms with van der Waals surface area (Å²) in [5.41, 5.74) is 6.58. The summed E-state index contributed by atoms with van der Waals surface area (Å²) in [6.45, 7) is 4.04. The van der Waals surface area contributed by atoms with Crippen LogP contribution in [0, 0.1) is 0 Å². The smallest absolute Gasteiger partial charge is 0.237 e. The zero-order valence-corrected chi connectivity index (χ0v) is 12.4. The second-order valence-electron chi connectivity index (χ2n) is 4.62. The summed E-state index contributed by atoms with van der Waals surface area (Å²) in [6.07, 6.45) is 3.13. The van der Waals surface area contributed by atoms with Crippen LogP contribution in [0.4, 0.5) is 5.95 Å². The summed E-state index contributed by atoms with van der Waals surface area (Å²) >= 11 is 1.45. The maximum absolute atomic E-state index is 5.79. The molecule has 0 fully saturated rings. The molecule has 0 saturated heterocycles. The lowest BCUT2D eigenvalue weighted by Gasteiger charge is -2.10. The first-order valence-electron chi connectivity index (χ1n) is 6.33. The van der Waals surface area contributed by atoms with Gasteiger partial charge in [0.25, 0.3) is 0 Å². The lowest BCUT2D eigenvalue weighted by molar-refractivity contribution is 0.391. The minimum atomic E-state index is 0.187. The maximum Gasteiger partial charge on any atom is 0.237 e. The molecule has 3 aromatic rings. The molecule has 2 N–H and O–H groups in total. The minimum absolute atomic E-state index is 0.187. The predicted octanol–water partition coefficient (Wildman–Crippen LogP) is 2.38. The van der Waals surface area contributed by atoms with Crippen LogP contribution in [0.3, 0.4) is 0 Å². The van der Waals surface area contributed by atoms with E-state index in [4.69, 9.17) is 14.7 Å². The molecule has 8 nitrogen and oxygen atoms in total. The number of rotatable bonds is 5. The highest BCUT2D eigenvalue weighted by atomic mass is 32.2. The lowest BCUT2D eigenvalue weighted by Crippen LogP contribution is -2.07. The van der Waals surface area contributed by atoms with E-state index >= 15 is 0 Å². The van der Waals surface area contributed by atoms with Gasteiger partial charge in [-0.25, -0.2) is 0 Å². The molecular formula is C12H14N6O2S. The summed E-state index contributed by atoms with van der Waals surface area (Å²) in [5, 5.41) is 12.6. The van der Waals surface area contributed by atoms with E-state index < -0.39 is 0 Å². The first-order chi connectivity index (χ1) is 10.1. The average molecular weight is 306 g/mol. The van der Waals surface area contributed by atoms with E-state index in [1.807, 2.05) is 18.4 Å². The van der Waals surface area contributed by atoms with Crippen LogP contribution in [-0.2, 0) is 5.75 Å². The third kappa shape index (κ3) is 2.77. The molecule has 0 bridgehead atoms. The van der Waals surface area contributed by atoms with Crippen LogP contribution in [0.15, 0.2) is 32.7 Å². The van der Waals surface area contributed by atoms with Crippen molar-refractivity contribution in [1.29, 1.82) is 0 Å². The third-order valence-electron chi connectivity index (χ3n) is 2.78. The molecule has 0 aromatic carbocycles. The Morgan fingerprint density at radius 3 is 2.95 bits per heavy atom. The van der Waals surface area contributed by atoms with Crippen LogP contribution < -0.4 is 5.73 Å². The van der Waals surface area contributed by atoms with Gasteiger partial charge in [0.15, 0.2) is 5.16 Å². The molecule has 0 atom stereocenters. The normalized spacial score (nSPS) is 11.4. The van der Waals surface area contributed by atoms with E-state index in [0.717, 1.165) is 10.7 Å². The highest BCUT2D eigenvalue weighted by Gasteiger charge is 2.15. The third-order valence-corrected chi connectivity index (χ3v) is 3.71. The average Bonchev–Trinajstić information content (AvgIpc) is 3.16. The van der Waals surface area contributed by atoms with E-state index in [9.17, 15) is 0 Å². The molecule has 9 heteroatoms. The largest absolute Gasteiger partial charge is 0.472 e. The molecule has 0 spiro atoms. The van der Waals surface area contributed by atoms with Gasteiger partial charge in [-0.2, -0.15) is 4.98 Å². The van der Waals surface area contributed by atoms with Crippen molar-refractivity contribution >= 4 is 17.7 Å². The summed E-state index contributed by atoms with van der Waals surface area (Å²) in [4.78, 5) is 4.30. The molecule has 3 rings (SSSR count). The van der Waals surface area contributed by atoms with Crippen molar-refractivity contribution in [1.82, 2.24) is 24.9 Å². The molecule has 21 heavy (non-hydrogen) atoms. The van der Waals surface area contributed by atoms with Gasteiger partial charge in [0, 0.05) is 6.04 Å². The van der Waals surface area contributed by atoms with Gasteiger partial charge in [0.05, 0.1) is 17.6 Å². The van der Waals surface area contributed by atoms with Gasteiger partial charge in [-0.15, -0.1) is 10.2 Å². The van der Waals surface area contributed by atoms with Crippen LogP contribution in [0.5, 0.6) is 0 Å². The summed E-state index contributed by atoms with van der Waals surface area (Å²) < 4.78 is 12.1. The molecule has 0 unspecified atom stereocenters. The van der Waals surface area contributed by atoms with Crippen LogP contribution >= 0.6 is 11.8 Å². The van der Waals surface area contributed by atoms with Gasteiger partial charge < -0.3 is 14.7 Å². The molecule has 0 saturated carbocycles. The zero-order chi connectivity index (χ0) is 14.8. The number of nitrogen functional groups attached to an aromatic ring is 1. The number of hydrogen-bond acceptors (Lipinski definition) is 8. The zero-order valence-electron chi connectivity index (χ0n) is 11.6. The van der Waals surface area contributed by atoms with Crippen LogP contribution in [0.25, 0.3) is 11.4 Å². The van der Waals surface area contributed by atoms with Crippen molar-refractivity contribution in [2.24, 2.45) is 0 Å². The number of thioether (sulfide) groups is 1. The molecule has 3 heterocycles. The number of aromatic nitrogens is 5. The van der Waals surface area contributed by atoms with E-state index in [0.29, 0.717) is 23.4 Å². The van der Waals surface area contributed by atoms with Crippen LogP contribution in [0.1, 0.15) is 25.8 Å². The van der Waals surface area contributed by atoms with Crippen molar-refractivity contribution in [3.63, 3.8) is 0 Å². The molecule has 0 radical (unpaired) electrons. The number of nitrogens with two attached hydrogens (primary N) is 1. The Bertz CT molecular complexity index is 718. The molecule has 0 aliphatic heterocycles. The van der Waals surface area contributed by atoms with Crippen molar-refractivity contribution in [2.45, 2.75) is 30.8 Å². The number of furan rings is 1. The van der Waals surface area contributed by atoms with Gasteiger partial charge in [-0.3, -0.25) is 4.57 Å². The second-order valence-corrected chi connectivity index (χ2v) is 5.56. The van der Waals surface area contributed by atoms with Gasteiger partial charge in [0.2, 0.25) is 17.7 Å². The molecule has 110 valence electrons. The summed E-state index contributed by atoms with van der Waals surface area (Å²) in [7, 11) is 0. The molecule has 0 aliphatic carbocycles. The van der Waals surface area contributed by atoms with Gasteiger partial charge in [0.1, 0.15) is 6.26 Å². The summed E-state index contributed by atoms with van der Waals surface area (Å²) in [5.74, 6) is 1.91. The second kappa shape index (κ2) is 5.60. The Balaban J connectivity index is 1.71. The van der Waals surface area contributed by atoms with E-state index in [2.05, 4.69) is 20.3 Å². The summed E-state index contributed by atoms with van der Waals surface area (Å²) in [6, 6.07) is 1.96. The SMILES string of the molecule is CC(C)n1c(N)nnc1SCc1nc(-c2ccoc2)no1. The van der Waals surface area contributed by atoms with Crippen molar-refractivity contribution in [2.75, 3.05) is 5.73 Å². The monoisotopic (exact) mass is 306 g/mol. The topological polar surface area (TPSA) is 109 Å². The maximum atomic E-state index is 5.79. The van der Waals surface area contributed by atoms with Crippen molar-refractivity contribution in [3.8, 4) is 11.4 Å². The molecule has 0 amide bonds. The molecular weight excluding hydrogens is 292 g/mol. The lowest BCUT2D eigenvalue weighted by atomic mass is 10.3. The van der Waals surface area contributed by atoms with Gasteiger partial charge in [-0.1, -0.05) is 16.9 Å². The first kappa shape index (κ1) is 13.7. The Hall–Kier alpha value is -2.29. The number of hydrogen-bond donors (Lipinski definition) is 1. The molecule has 0 aliphatic rings. The van der Waals surface area contributed by atoms with Gasteiger partial charge in [-0.05, 0) is 19.9 Å². The van der Waals surface area contributed by atoms with E-state index in [1.165, 1.54) is 11.8 Å². The van der Waals surface area contributed by atoms with E-state index in [-0.39, 0.29) is 6.04 Å². The van der Waals surface area contributed by atoms with Crippen LogP contribution in [-0.4, -0.2) is 24.9 Å². The predicted molar refractivity (Wildman–Crippen MR) is 76.4 cm³/mol. The standard InChI is InChI=1S/C12H14N6O2S/c1-7(2)18-11(13)15-16-12(18)21-6-9-14-10(17-20-9)8-3-4-19-5-8/h3-5,7H,6H2,1-2H3,(H2,13,15). The Morgan fingerprint density at radius 1 is 1.38 bits per heavy atom. The quantitative estimate of drug-likeness (QED) is 0.715. The minimum Gasteiger partial charge on any atom is -0.472 e. The van der Waals surface area contributed by atoms with Crippen LogP contribution in [0.2, 0.25) is 0 Å². The molecule has 3 aromatic heterocycles. The number of anilines is 1. The van der Waals surface area contributed by atoms with Crippen molar-refractivity contribution in [3.05, 3.63) is 24.5 Å². The first-order valence-corrected chi connectivity index (χ1v) is 7.32. The van der Waals surface area contributed by atoms with E-state index in [1.54, 1.807) is 18.6 Å². The van der Waals surface area contributed by atoms with Gasteiger partial charge >= 0.3 is 0 Å². The fraction of sp³-hybridized carbons (Fsp3) is 0.333. The number of nitrogens with zero attached hydrogens (tertiary/aromatic N) is 5.